The molecule has 1 aliphatic heterocycles. The Labute approximate surface area is 82.1 Å². The van der Waals surface area contributed by atoms with Crippen molar-refractivity contribution >= 4 is 11.8 Å². The van der Waals surface area contributed by atoms with Crippen LogP contribution in [0.5, 0.6) is 5.75 Å². The lowest BCUT2D eigenvalue weighted by Gasteiger charge is -2.14. The molecule has 1 aromatic rings. The van der Waals surface area contributed by atoms with Crippen molar-refractivity contribution < 1.29 is 5.11 Å². The molecule has 3 heteroatoms. The van der Waals surface area contributed by atoms with Crippen LogP contribution < -0.4 is 5.73 Å². The van der Waals surface area contributed by atoms with Crippen LogP contribution in [0.3, 0.4) is 0 Å². The molecular formula is C10H13NOS. The zero-order chi connectivity index (χ0) is 9.26. The van der Waals surface area contributed by atoms with Gasteiger partial charge in [0.1, 0.15) is 5.75 Å². The van der Waals surface area contributed by atoms with Crippen molar-refractivity contribution in [2.75, 3.05) is 11.5 Å². The maximum absolute atomic E-state index is 9.31. The highest BCUT2D eigenvalue weighted by atomic mass is 32.2. The van der Waals surface area contributed by atoms with E-state index in [-0.39, 0.29) is 6.04 Å². The first-order valence-corrected chi connectivity index (χ1v) is 5.55. The van der Waals surface area contributed by atoms with Crippen LogP contribution in [-0.4, -0.2) is 22.7 Å². The number of thioether (sulfide) groups is 1. The lowest BCUT2D eigenvalue weighted by molar-refractivity contribution is 0.473. The largest absolute Gasteiger partial charge is 0.508 e. The van der Waals surface area contributed by atoms with Crippen LogP contribution in [0.15, 0.2) is 24.3 Å². The Morgan fingerprint density at radius 1 is 1.38 bits per heavy atom. The number of hydrogen-bond donors (Lipinski definition) is 2. The van der Waals surface area contributed by atoms with Crippen LogP contribution >= 0.6 is 11.8 Å². The maximum atomic E-state index is 9.31. The highest BCUT2D eigenvalue weighted by molar-refractivity contribution is 7.99. The second-order valence-corrected chi connectivity index (χ2v) is 4.48. The molecule has 1 saturated heterocycles. The molecule has 2 unspecified atom stereocenters. The number of benzene rings is 1. The monoisotopic (exact) mass is 195 g/mol. The summed E-state index contributed by atoms with van der Waals surface area (Å²) in [5.41, 5.74) is 7.12. The topological polar surface area (TPSA) is 46.2 Å². The van der Waals surface area contributed by atoms with Crippen molar-refractivity contribution in [3.8, 4) is 5.75 Å². The summed E-state index contributed by atoms with van der Waals surface area (Å²) in [6, 6.07) is 7.66. The standard InChI is InChI=1S/C10H13NOS/c11-10-6-13-5-9(10)7-2-1-3-8(12)4-7/h1-4,9-10,12H,5-6,11H2. The van der Waals surface area contributed by atoms with Crippen molar-refractivity contribution in [1.82, 2.24) is 0 Å². The van der Waals surface area contributed by atoms with E-state index in [1.54, 1.807) is 6.07 Å². The molecule has 0 saturated carbocycles. The first-order chi connectivity index (χ1) is 6.27. The van der Waals surface area contributed by atoms with Gasteiger partial charge in [-0.3, -0.25) is 0 Å². The highest BCUT2D eigenvalue weighted by Crippen LogP contribution is 2.32. The molecule has 2 nitrogen and oxygen atoms in total. The van der Waals surface area contributed by atoms with Gasteiger partial charge in [0.05, 0.1) is 0 Å². The van der Waals surface area contributed by atoms with E-state index >= 15 is 0 Å². The zero-order valence-corrected chi connectivity index (χ0v) is 8.13. The van der Waals surface area contributed by atoms with Gasteiger partial charge in [-0.25, -0.2) is 0 Å². The molecule has 0 radical (unpaired) electrons. The van der Waals surface area contributed by atoms with Crippen LogP contribution in [0.25, 0.3) is 0 Å². The van der Waals surface area contributed by atoms with Gasteiger partial charge in [0.25, 0.3) is 0 Å². The van der Waals surface area contributed by atoms with Crippen LogP contribution in [0.2, 0.25) is 0 Å². The van der Waals surface area contributed by atoms with Crippen molar-refractivity contribution in [3.63, 3.8) is 0 Å². The van der Waals surface area contributed by atoms with Gasteiger partial charge < -0.3 is 10.8 Å². The smallest absolute Gasteiger partial charge is 0.115 e. The fourth-order valence-corrected chi connectivity index (χ4v) is 3.00. The Balaban J connectivity index is 2.24. The Hall–Kier alpha value is -0.670. The molecule has 2 rings (SSSR count). The molecule has 0 aromatic heterocycles. The van der Waals surface area contributed by atoms with E-state index in [0.29, 0.717) is 11.7 Å². The van der Waals surface area contributed by atoms with Crippen molar-refractivity contribution in [3.05, 3.63) is 29.8 Å². The van der Waals surface area contributed by atoms with Gasteiger partial charge in [0, 0.05) is 23.5 Å². The summed E-state index contributed by atoms with van der Waals surface area (Å²) in [6.07, 6.45) is 0. The highest BCUT2D eigenvalue weighted by Gasteiger charge is 2.25. The second-order valence-electron chi connectivity index (χ2n) is 3.40. The van der Waals surface area contributed by atoms with Crippen molar-refractivity contribution in [2.45, 2.75) is 12.0 Å². The molecule has 0 amide bonds. The Morgan fingerprint density at radius 2 is 2.23 bits per heavy atom. The van der Waals surface area contributed by atoms with E-state index in [1.807, 2.05) is 30.0 Å². The number of phenols is 1. The van der Waals surface area contributed by atoms with E-state index in [0.717, 1.165) is 17.1 Å². The molecule has 1 fully saturated rings. The van der Waals surface area contributed by atoms with Crippen LogP contribution in [0.1, 0.15) is 11.5 Å². The number of phenolic OH excluding ortho intramolecular Hbond substituents is 1. The van der Waals surface area contributed by atoms with Gasteiger partial charge in [0.2, 0.25) is 0 Å². The van der Waals surface area contributed by atoms with E-state index in [4.69, 9.17) is 5.73 Å². The second kappa shape index (κ2) is 3.60. The van der Waals surface area contributed by atoms with E-state index in [9.17, 15) is 5.11 Å². The molecule has 3 N–H and O–H groups in total. The normalized spacial score (nSPS) is 27.8. The Kier molecular flexibility index (Phi) is 2.47. The zero-order valence-electron chi connectivity index (χ0n) is 7.31. The molecule has 0 spiro atoms. The number of hydrogen-bond acceptors (Lipinski definition) is 3. The number of nitrogens with two attached hydrogens (primary N) is 1. The quantitative estimate of drug-likeness (QED) is 0.714. The first kappa shape index (κ1) is 8.91. The summed E-state index contributed by atoms with van der Waals surface area (Å²) in [7, 11) is 0. The fraction of sp³-hybridized carbons (Fsp3) is 0.400. The summed E-state index contributed by atoms with van der Waals surface area (Å²) in [5, 5.41) is 9.31. The minimum Gasteiger partial charge on any atom is -0.508 e. The average molecular weight is 195 g/mol. The molecule has 0 aliphatic carbocycles. The van der Waals surface area contributed by atoms with Gasteiger partial charge in [0.15, 0.2) is 0 Å². The third kappa shape index (κ3) is 1.81. The van der Waals surface area contributed by atoms with Crippen molar-refractivity contribution in [1.29, 1.82) is 0 Å². The number of rotatable bonds is 1. The lowest BCUT2D eigenvalue weighted by Crippen LogP contribution is -2.26. The minimum absolute atomic E-state index is 0.242. The van der Waals surface area contributed by atoms with Crippen molar-refractivity contribution in [2.24, 2.45) is 5.73 Å². The van der Waals surface area contributed by atoms with E-state index in [2.05, 4.69) is 0 Å². The molecule has 1 heterocycles. The summed E-state index contributed by atoms with van der Waals surface area (Å²) in [5.74, 6) is 2.85. The molecule has 13 heavy (non-hydrogen) atoms. The summed E-state index contributed by atoms with van der Waals surface area (Å²) >= 11 is 1.88. The molecule has 2 atom stereocenters. The van der Waals surface area contributed by atoms with Gasteiger partial charge >= 0.3 is 0 Å². The lowest BCUT2D eigenvalue weighted by atomic mass is 9.95. The average Bonchev–Trinajstić information content (AvgIpc) is 2.51. The van der Waals surface area contributed by atoms with Gasteiger partial charge in [-0.05, 0) is 17.7 Å². The Bertz CT molecular complexity index is 303. The predicted octanol–water partition coefficient (Wildman–Crippen LogP) is 1.55. The van der Waals surface area contributed by atoms with Crippen LogP contribution in [0, 0.1) is 0 Å². The van der Waals surface area contributed by atoms with Gasteiger partial charge in [-0.15, -0.1) is 0 Å². The summed E-state index contributed by atoms with van der Waals surface area (Å²) in [6.45, 7) is 0. The maximum Gasteiger partial charge on any atom is 0.115 e. The molecule has 1 aromatic carbocycles. The summed E-state index contributed by atoms with van der Waals surface area (Å²) in [4.78, 5) is 0. The fourth-order valence-electron chi connectivity index (χ4n) is 1.67. The minimum atomic E-state index is 0.242. The SMILES string of the molecule is NC1CSCC1c1cccc(O)c1. The number of aromatic hydroxyl groups is 1. The van der Waals surface area contributed by atoms with Crippen LogP contribution in [0.4, 0.5) is 0 Å². The molecule has 0 bridgehead atoms. The first-order valence-electron chi connectivity index (χ1n) is 4.39. The molecule has 70 valence electrons. The third-order valence-corrected chi connectivity index (χ3v) is 3.64. The Morgan fingerprint density at radius 3 is 2.85 bits per heavy atom. The molecular weight excluding hydrogens is 182 g/mol. The molecule has 1 aliphatic rings. The van der Waals surface area contributed by atoms with Crippen LogP contribution in [-0.2, 0) is 0 Å². The summed E-state index contributed by atoms with van der Waals surface area (Å²) < 4.78 is 0. The van der Waals surface area contributed by atoms with Gasteiger partial charge in [-0.1, -0.05) is 12.1 Å². The third-order valence-electron chi connectivity index (χ3n) is 2.42. The van der Waals surface area contributed by atoms with E-state index in [1.165, 1.54) is 0 Å². The predicted molar refractivity (Wildman–Crippen MR) is 56.1 cm³/mol. The van der Waals surface area contributed by atoms with E-state index < -0.39 is 0 Å². The van der Waals surface area contributed by atoms with Gasteiger partial charge in [-0.2, -0.15) is 11.8 Å².